The molecular weight excluding hydrogens is 497 g/mol. The number of hydrogen-bond acceptors (Lipinski definition) is 5. The number of sulfonamides is 1. The SMILES string of the molecule is CC(C)NS(=O)(=O)CCNC(=O)C(NC(=O)c1nn(Cc2ccc(F)cc2)c2ccccc12)C(C)(C)C. The number of carbonyl (C=O) groups is 2. The Morgan fingerprint density at radius 1 is 1.05 bits per heavy atom. The first-order valence-electron chi connectivity index (χ1n) is 12.1. The normalized spacial score (nSPS) is 13.1. The Labute approximate surface area is 216 Å². The molecule has 3 rings (SSSR count). The Morgan fingerprint density at radius 3 is 2.32 bits per heavy atom. The van der Waals surface area contributed by atoms with Crippen LogP contribution in [-0.4, -0.2) is 54.4 Å². The minimum atomic E-state index is -3.54. The van der Waals surface area contributed by atoms with E-state index < -0.39 is 33.3 Å². The molecule has 0 aliphatic rings. The Hall–Kier alpha value is -3.31. The van der Waals surface area contributed by atoms with E-state index in [1.165, 1.54) is 12.1 Å². The van der Waals surface area contributed by atoms with Crippen molar-refractivity contribution < 1.29 is 22.4 Å². The van der Waals surface area contributed by atoms with Gasteiger partial charge >= 0.3 is 0 Å². The maximum Gasteiger partial charge on any atom is 0.273 e. The lowest BCUT2D eigenvalue weighted by Gasteiger charge is -2.30. The summed E-state index contributed by atoms with van der Waals surface area (Å²) >= 11 is 0. The van der Waals surface area contributed by atoms with Gasteiger partial charge in [0, 0.05) is 18.0 Å². The van der Waals surface area contributed by atoms with Gasteiger partial charge in [-0.1, -0.05) is 51.1 Å². The molecule has 11 heteroatoms. The maximum atomic E-state index is 13.4. The minimum absolute atomic E-state index is 0.0986. The van der Waals surface area contributed by atoms with Gasteiger partial charge in [0.15, 0.2) is 5.69 Å². The van der Waals surface area contributed by atoms with Gasteiger partial charge < -0.3 is 10.6 Å². The van der Waals surface area contributed by atoms with Crippen molar-refractivity contribution in [3.05, 3.63) is 65.6 Å². The summed E-state index contributed by atoms with van der Waals surface area (Å²) in [5.41, 5.74) is 1.02. The summed E-state index contributed by atoms with van der Waals surface area (Å²) in [5.74, 6) is -1.64. The topological polar surface area (TPSA) is 122 Å². The van der Waals surface area contributed by atoms with E-state index in [4.69, 9.17) is 0 Å². The number of carbonyl (C=O) groups excluding carboxylic acids is 2. The van der Waals surface area contributed by atoms with Gasteiger partial charge in [-0.2, -0.15) is 5.10 Å². The smallest absolute Gasteiger partial charge is 0.273 e. The molecule has 37 heavy (non-hydrogen) atoms. The van der Waals surface area contributed by atoms with Crippen molar-refractivity contribution >= 4 is 32.7 Å². The van der Waals surface area contributed by atoms with E-state index in [1.807, 2.05) is 12.1 Å². The summed E-state index contributed by atoms with van der Waals surface area (Å²) in [7, 11) is -3.54. The van der Waals surface area contributed by atoms with Gasteiger partial charge in [-0.25, -0.2) is 17.5 Å². The minimum Gasteiger partial charge on any atom is -0.353 e. The van der Waals surface area contributed by atoms with Gasteiger partial charge in [-0.05, 0) is 43.0 Å². The molecule has 1 aromatic heterocycles. The summed E-state index contributed by atoms with van der Waals surface area (Å²) < 4.78 is 41.6. The van der Waals surface area contributed by atoms with Crippen LogP contribution in [0, 0.1) is 11.2 Å². The average Bonchev–Trinajstić information content (AvgIpc) is 3.15. The van der Waals surface area contributed by atoms with Gasteiger partial charge in [0.1, 0.15) is 11.9 Å². The first-order valence-corrected chi connectivity index (χ1v) is 13.7. The highest BCUT2D eigenvalue weighted by Gasteiger charge is 2.34. The van der Waals surface area contributed by atoms with E-state index in [0.717, 1.165) is 11.1 Å². The van der Waals surface area contributed by atoms with Crippen molar-refractivity contribution in [1.82, 2.24) is 25.1 Å². The third-order valence-corrected chi connectivity index (χ3v) is 7.18. The second-order valence-corrected chi connectivity index (χ2v) is 12.2. The van der Waals surface area contributed by atoms with Crippen molar-refractivity contribution in [2.75, 3.05) is 12.3 Å². The number of hydrogen-bond donors (Lipinski definition) is 3. The van der Waals surface area contributed by atoms with E-state index in [2.05, 4.69) is 20.5 Å². The standard InChI is InChI=1S/C26H34FN5O4S/c1-17(2)31-37(35,36)15-14-28-25(34)23(26(3,4)5)29-24(33)22-20-8-6-7-9-21(20)32(30-22)16-18-10-12-19(27)13-11-18/h6-13,17,23,31H,14-16H2,1-5H3,(H,28,34)(H,29,33). The molecule has 9 nitrogen and oxygen atoms in total. The van der Waals surface area contributed by atoms with Gasteiger partial charge in [-0.3, -0.25) is 14.3 Å². The number of benzene rings is 2. The molecular formula is C26H34FN5O4S. The number of nitrogens with zero attached hydrogens (tertiary/aromatic N) is 2. The quantitative estimate of drug-likeness (QED) is 0.371. The van der Waals surface area contributed by atoms with E-state index in [-0.39, 0.29) is 29.9 Å². The highest BCUT2D eigenvalue weighted by Crippen LogP contribution is 2.23. The molecule has 0 radical (unpaired) electrons. The van der Waals surface area contributed by atoms with E-state index >= 15 is 0 Å². The number of nitrogens with one attached hydrogen (secondary N) is 3. The molecule has 3 aromatic rings. The van der Waals surface area contributed by atoms with E-state index in [1.54, 1.807) is 63.6 Å². The molecule has 0 saturated carbocycles. The molecule has 200 valence electrons. The second-order valence-electron chi connectivity index (χ2n) is 10.3. The molecule has 3 N–H and O–H groups in total. The molecule has 0 fully saturated rings. The third-order valence-electron chi connectivity index (χ3n) is 5.61. The van der Waals surface area contributed by atoms with Gasteiger partial charge in [-0.15, -0.1) is 0 Å². The van der Waals surface area contributed by atoms with Crippen molar-refractivity contribution in [2.24, 2.45) is 5.41 Å². The number of rotatable bonds is 10. The van der Waals surface area contributed by atoms with Crippen molar-refractivity contribution in [3.8, 4) is 0 Å². The Morgan fingerprint density at radius 2 is 1.70 bits per heavy atom. The predicted molar refractivity (Wildman–Crippen MR) is 141 cm³/mol. The van der Waals surface area contributed by atoms with Crippen molar-refractivity contribution in [3.63, 3.8) is 0 Å². The highest BCUT2D eigenvalue weighted by molar-refractivity contribution is 7.89. The Kier molecular flexibility index (Phi) is 8.70. The number of para-hydroxylation sites is 1. The largest absolute Gasteiger partial charge is 0.353 e. The molecule has 2 aromatic carbocycles. The fraction of sp³-hybridized carbons (Fsp3) is 0.423. The summed E-state index contributed by atoms with van der Waals surface area (Å²) in [4.78, 5) is 26.4. The average molecular weight is 532 g/mol. The number of aromatic nitrogens is 2. The number of amides is 2. The molecule has 1 heterocycles. The Bertz CT molecular complexity index is 1360. The summed E-state index contributed by atoms with van der Waals surface area (Å²) in [6, 6.07) is 12.1. The van der Waals surface area contributed by atoms with Crippen LogP contribution in [0.5, 0.6) is 0 Å². The molecule has 0 saturated heterocycles. The van der Waals surface area contributed by atoms with Crippen LogP contribution in [0.25, 0.3) is 10.9 Å². The molecule has 0 spiro atoms. The summed E-state index contributed by atoms with van der Waals surface area (Å²) in [6.45, 7) is 9.08. The molecule has 0 aliphatic carbocycles. The zero-order valence-corrected chi connectivity index (χ0v) is 22.5. The fourth-order valence-corrected chi connectivity index (χ4v) is 5.09. The Balaban J connectivity index is 1.79. The molecule has 1 atom stereocenters. The number of halogens is 1. The van der Waals surface area contributed by atoms with E-state index in [9.17, 15) is 22.4 Å². The predicted octanol–water partition coefficient (Wildman–Crippen LogP) is 2.81. The van der Waals surface area contributed by atoms with Crippen molar-refractivity contribution in [1.29, 1.82) is 0 Å². The highest BCUT2D eigenvalue weighted by atomic mass is 32.2. The third kappa shape index (κ3) is 7.59. The van der Waals surface area contributed by atoms with E-state index in [0.29, 0.717) is 11.9 Å². The van der Waals surface area contributed by atoms with Crippen LogP contribution in [0.1, 0.15) is 50.7 Å². The van der Waals surface area contributed by atoms with Gasteiger partial charge in [0.05, 0.1) is 17.8 Å². The van der Waals surface area contributed by atoms with Crippen LogP contribution in [0.4, 0.5) is 4.39 Å². The first-order chi connectivity index (χ1) is 17.3. The summed E-state index contributed by atoms with van der Waals surface area (Å²) in [5, 5.41) is 10.5. The van der Waals surface area contributed by atoms with Crippen molar-refractivity contribution in [2.45, 2.75) is 53.2 Å². The lowest BCUT2D eigenvalue weighted by molar-refractivity contribution is -0.125. The van der Waals surface area contributed by atoms with Crippen LogP contribution in [0.2, 0.25) is 0 Å². The lowest BCUT2D eigenvalue weighted by atomic mass is 9.86. The molecule has 0 bridgehead atoms. The lowest BCUT2D eigenvalue weighted by Crippen LogP contribution is -2.54. The van der Waals surface area contributed by atoms with Crippen LogP contribution in [-0.2, 0) is 21.4 Å². The van der Waals surface area contributed by atoms with Crippen LogP contribution in [0.15, 0.2) is 48.5 Å². The first kappa shape index (κ1) is 28.3. The number of fused-ring (bicyclic) bond motifs is 1. The fourth-order valence-electron chi connectivity index (χ4n) is 3.88. The molecule has 2 amide bonds. The zero-order valence-electron chi connectivity index (χ0n) is 21.7. The van der Waals surface area contributed by atoms with Crippen LogP contribution >= 0.6 is 0 Å². The monoisotopic (exact) mass is 531 g/mol. The molecule has 0 aliphatic heterocycles. The maximum absolute atomic E-state index is 13.4. The van der Waals surface area contributed by atoms with Crippen LogP contribution in [0.3, 0.4) is 0 Å². The van der Waals surface area contributed by atoms with Crippen LogP contribution < -0.4 is 15.4 Å². The zero-order chi connectivity index (χ0) is 27.4. The van der Waals surface area contributed by atoms with Gasteiger partial charge in [0.2, 0.25) is 15.9 Å². The summed E-state index contributed by atoms with van der Waals surface area (Å²) in [6.07, 6.45) is 0. The second kappa shape index (κ2) is 11.4. The van der Waals surface area contributed by atoms with Gasteiger partial charge in [0.25, 0.3) is 5.91 Å². The molecule has 1 unspecified atom stereocenters.